The molecule has 10 heteroatoms. The first kappa shape index (κ1) is 27.3. The molecule has 200 valence electrons. The van der Waals surface area contributed by atoms with E-state index in [0.29, 0.717) is 42.4 Å². The van der Waals surface area contributed by atoms with Gasteiger partial charge in [0, 0.05) is 18.8 Å². The predicted octanol–water partition coefficient (Wildman–Crippen LogP) is 4.38. The molecule has 2 heterocycles. The number of benzene rings is 2. The normalized spacial score (nSPS) is 16.3. The van der Waals surface area contributed by atoms with Crippen LogP contribution in [-0.4, -0.2) is 65.6 Å². The molecule has 0 spiro atoms. The van der Waals surface area contributed by atoms with Gasteiger partial charge in [0.15, 0.2) is 18.1 Å². The van der Waals surface area contributed by atoms with E-state index < -0.39 is 11.1 Å². The monoisotopic (exact) mass is 537 g/mol. The third-order valence-corrected chi connectivity index (χ3v) is 7.25. The standard InChI is InChI=1S/C28H31N3O6S/c1-4-36-23-14-20(8-10-22(23)37-17-25(32)29-21-9-7-18(2)19(3)13-21)15-24-27(34)31(28(35)38-24)16-26(33)30-11-5-6-12-30/h7-10,13-15H,4-6,11-12,16-17H2,1-3H3,(H,29,32)/b24-15-. The second-order valence-corrected chi connectivity index (χ2v) is 10.1. The highest BCUT2D eigenvalue weighted by Crippen LogP contribution is 2.35. The summed E-state index contributed by atoms with van der Waals surface area (Å²) in [5.74, 6) is -0.231. The van der Waals surface area contributed by atoms with Crippen LogP contribution in [0.1, 0.15) is 36.5 Å². The Hall–Kier alpha value is -3.79. The molecule has 1 N–H and O–H groups in total. The van der Waals surface area contributed by atoms with E-state index in [2.05, 4.69) is 5.32 Å². The van der Waals surface area contributed by atoms with Crippen LogP contribution in [0, 0.1) is 13.8 Å². The minimum absolute atomic E-state index is 0.212. The molecule has 0 atom stereocenters. The smallest absolute Gasteiger partial charge is 0.294 e. The number of imide groups is 1. The molecular formula is C28H31N3O6S. The van der Waals surface area contributed by atoms with Crippen LogP contribution < -0.4 is 14.8 Å². The summed E-state index contributed by atoms with van der Waals surface area (Å²) in [5.41, 5.74) is 3.53. The van der Waals surface area contributed by atoms with Crippen molar-refractivity contribution < 1.29 is 28.7 Å². The fraction of sp³-hybridized carbons (Fsp3) is 0.357. The van der Waals surface area contributed by atoms with Gasteiger partial charge >= 0.3 is 0 Å². The van der Waals surface area contributed by atoms with E-state index in [1.165, 1.54) is 0 Å². The molecule has 2 fully saturated rings. The average Bonchev–Trinajstić information content (AvgIpc) is 3.51. The Morgan fingerprint density at radius 1 is 1.00 bits per heavy atom. The minimum atomic E-state index is -0.492. The molecular weight excluding hydrogens is 506 g/mol. The van der Waals surface area contributed by atoms with Gasteiger partial charge in [0.05, 0.1) is 11.5 Å². The summed E-state index contributed by atoms with van der Waals surface area (Å²) in [6.07, 6.45) is 3.46. The van der Waals surface area contributed by atoms with E-state index in [4.69, 9.17) is 9.47 Å². The molecule has 2 aromatic rings. The van der Waals surface area contributed by atoms with Gasteiger partial charge in [0.1, 0.15) is 6.54 Å². The van der Waals surface area contributed by atoms with Crippen molar-refractivity contribution in [3.05, 3.63) is 58.0 Å². The van der Waals surface area contributed by atoms with Gasteiger partial charge in [-0.15, -0.1) is 0 Å². The Bertz CT molecular complexity index is 1290. The summed E-state index contributed by atoms with van der Waals surface area (Å²) in [4.78, 5) is 53.1. The quantitative estimate of drug-likeness (QED) is 0.474. The average molecular weight is 538 g/mol. The van der Waals surface area contributed by atoms with Crippen molar-refractivity contribution in [2.45, 2.75) is 33.6 Å². The number of amides is 4. The van der Waals surface area contributed by atoms with Crippen molar-refractivity contribution in [1.82, 2.24) is 9.80 Å². The number of anilines is 1. The van der Waals surface area contributed by atoms with Crippen molar-refractivity contribution in [2.75, 3.05) is 38.2 Å². The molecule has 2 aliphatic heterocycles. The Kier molecular flexibility index (Phi) is 8.73. The Morgan fingerprint density at radius 2 is 1.76 bits per heavy atom. The minimum Gasteiger partial charge on any atom is -0.490 e. The molecule has 0 radical (unpaired) electrons. The molecule has 0 saturated carbocycles. The number of thioether (sulfide) groups is 1. The molecule has 4 rings (SSSR count). The number of nitrogens with one attached hydrogen (secondary N) is 1. The van der Waals surface area contributed by atoms with E-state index in [1.807, 2.05) is 39.0 Å². The van der Waals surface area contributed by atoms with Crippen LogP contribution in [0.5, 0.6) is 11.5 Å². The van der Waals surface area contributed by atoms with Crippen molar-refractivity contribution >= 4 is 46.5 Å². The van der Waals surface area contributed by atoms with Gasteiger partial charge < -0.3 is 19.7 Å². The van der Waals surface area contributed by atoms with E-state index in [0.717, 1.165) is 40.6 Å². The summed E-state index contributed by atoms with van der Waals surface area (Å²) in [6.45, 7) is 7.03. The van der Waals surface area contributed by atoms with Crippen LogP contribution in [0.4, 0.5) is 10.5 Å². The molecule has 38 heavy (non-hydrogen) atoms. The van der Waals surface area contributed by atoms with Crippen LogP contribution >= 0.6 is 11.8 Å². The Morgan fingerprint density at radius 3 is 2.47 bits per heavy atom. The van der Waals surface area contributed by atoms with Crippen molar-refractivity contribution in [3.63, 3.8) is 0 Å². The SMILES string of the molecule is CCOc1cc(/C=C2\SC(=O)N(CC(=O)N3CCCC3)C2=O)ccc1OCC(=O)Nc1ccc(C)c(C)c1. The van der Waals surface area contributed by atoms with Crippen LogP contribution in [-0.2, 0) is 14.4 Å². The van der Waals surface area contributed by atoms with E-state index >= 15 is 0 Å². The lowest BCUT2D eigenvalue weighted by atomic mass is 10.1. The number of aryl methyl sites for hydroxylation is 2. The van der Waals surface area contributed by atoms with Gasteiger partial charge in [-0.25, -0.2) is 0 Å². The second-order valence-electron chi connectivity index (χ2n) is 9.13. The number of carbonyl (C=O) groups is 4. The number of rotatable bonds is 9. The number of likely N-dealkylation sites (tertiary alicyclic amines) is 1. The van der Waals surface area contributed by atoms with Gasteiger partial charge in [-0.05, 0) is 92.4 Å². The zero-order valence-electron chi connectivity index (χ0n) is 21.7. The fourth-order valence-electron chi connectivity index (χ4n) is 4.15. The number of nitrogens with zero attached hydrogens (tertiary/aromatic N) is 2. The van der Waals surface area contributed by atoms with Crippen LogP contribution in [0.3, 0.4) is 0 Å². The number of hydrogen-bond donors (Lipinski definition) is 1. The summed E-state index contributed by atoms with van der Waals surface area (Å²) < 4.78 is 11.4. The largest absolute Gasteiger partial charge is 0.490 e. The van der Waals surface area contributed by atoms with Crippen LogP contribution in [0.2, 0.25) is 0 Å². The topological polar surface area (TPSA) is 105 Å². The number of ether oxygens (including phenoxy) is 2. The summed E-state index contributed by atoms with van der Waals surface area (Å²) in [6, 6.07) is 10.7. The fourth-order valence-corrected chi connectivity index (χ4v) is 4.99. The van der Waals surface area contributed by atoms with E-state index in [1.54, 1.807) is 29.2 Å². The summed E-state index contributed by atoms with van der Waals surface area (Å²) >= 11 is 0.804. The molecule has 0 aromatic heterocycles. The number of carbonyl (C=O) groups excluding carboxylic acids is 4. The Labute approximate surface area is 226 Å². The molecule has 0 unspecified atom stereocenters. The third kappa shape index (κ3) is 6.55. The molecule has 0 aliphatic carbocycles. The van der Waals surface area contributed by atoms with E-state index in [-0.39, 0.29) is 29.9 Å². The maximum Gasteiger partial charge on any atom is 0.294 e. The molecule has 0 bridgehead atoms. The van der Waals surface area contributed by atoms with Gasteiger partial charge in [-0.2, -0.15) is 0 Å². The van der Waals surface area contributed by atoms with Crippen molar-refractivity contribution in [2.24, 2.45) is 0 Å². The highest BCUT2D eigenvalue weighted by molar-refractivity contribution is 8.18. The maximum absolute atomic E-state index is 12.9. The predicted molar refractivity (Wildman–Crippen MR) is 146 cm³/mol. The highest BCUT2D eigenvalue weighted by Gasteiger charge is 2.37. The first-order valence-corrected chi connectivity index (χ1v) is 13.4. The van der Waals surface area contributed by atoms with E-state index in [9.17, 15) is 19.2 Å². The third-order valence-electron chi connectivity index (χ3n) is 6.34. The molecule has 2 aromatic carbocycles. The first-order valence-electron chi connectivity index (χ1n) is 12.5. The molecule has 9 nitrogen and oxygen atoms in total. The summed E-state index contributed by atoms with van der Waals surface area (Å²) in [5, 5.41) is 2.35. The lowest BCUT2D eigenvalue weighted by Crippen LogP contribution is -2.40. The molecule has 4 amide bonds. The highest BCUT2D eigenvalue weighted by atomic mass is 32.2. The van der Waals surface area contributed by atoms with Crippen molar-refractivity contribution in [3.8, 4) is 11.5 Å². The molecule has 2 saturated heterocycles. The first-order chi connectivity index (χ1) is 18.2. The lowest BCUT2D eigenvalue weighted by Gasteiger charge is -2.18. The zero-order valence-corrected chi connectivity index (χ0v) is 22.6. The molecule has 2 aliphatic rings. The second kappa shape index (κ2) is 12.2. The lowest BCUT2D eigenvalue weighted by molar-refractivity contribution is -0.135. The van der Waals surface area contributed by atoms with Crippen molar-refractivity contribution in [1.29, 1.82) is 0 Å². The zero-order chi connectivity index (χ0) is 27.2. The van der Waals surface area contributed by atoms with Gasteiger partial charge in [-0.3, -0.25) is 24.1 Å². The Balaban J connectivity index is 1.41. The van der Waals surface area contributed by atoms with Crippen LogP contribution in [0.25, 0.3) is 6.08 Å². The summed E-state index contributed by atoms with van der Waals surface area (Å²) in [7, 11) is 0. The van der Waals surface area contributed by atoms with Gasteiger partial charge in [-0.1, -0.05) is 12.1 Å². The van der Waals surface area contributed by atoms with Gasteiger partial charge in [0.2, 0.25) is 5.91 Å². The maximum atomic E-state index is 12.9. The van der Waals surface area contributed by atoms with Crippen LogP contribution in [0.15, 0.2) is 41.3 Å². The number of hydrogen-bond acceptors (Lipinski definition) is 7. The van der Waals surface area contributed by atoms with Gasteiger partial charge in [0.25, 0.3) is 17.1 Å².